The third-order valence-corrected chi connectivity index (χ3v) is 3.70. The summed E-state index contributed by atoms with van der Waals surface area (Å²) in [5, 5.41) is 3.03. The van der Waals surface area contributed by atoms with Crippen molar-refractivity contribution >= 4 is 5.91 Å². The van der Waals surface area contributed by atoms with Gasteiger partial charge in [-0.2, -0.15) is 0 Å². The number of carbonyl (C=O) groups excluding carboxylic acids is 1. The van der Waals surface area contributed by atoms with E-state index < -0.39 is 0 Å². The number of ether oxygens (including phenoxy) is 1. The fraction of sp³-hybridized carbons (Fsp3) is 0.588. The molecule has 0 saturated carbocycles. The normalized spacial score (nSPS) is 20.1. The Bertz CT molecular complexity index is 433. The molecule has 2 unspecified atom stereocenters. The molecule has 0 aliphatic carbocycles. The summed E-state index contributed by atoms with van der Waals surface area (Å²) in [7, 11) is 0. The second-order valence-corrected chi connectivity index (χ2v) is 6.07. The highest BCUT2D eigenvalue weighted by molar-refractivity contribution is 5.81. The Hall–Kier alpha value is -1.35. The SMILES string of the molecule is CC(C)Cc1ccc(C(C)NC(=O)C2CCCO2)cc1. The van der Waals surface area contributed by atoms with Gasteiger partial charge in [0.15, 0.2) is 0 Å². The second kappa shape index (κ2) is 6.89. The highest BCUT2D eigenvalue weighted by Gasteiger charge is 2.24. The average molecular weight is 275 g/mol. The molecular formula is C17H25NO2. The summed E-state index contributed by atoms with van der Waals surface area (Å²) in [6.45, 7) is 7.16. The quantitative estimate of drug-likeness (QED) is 0.896. The van der Waals surface area contributed by atoms with E-state index in [-0.39, 0.29) is 18.1 Å². The van der Waals surface area contributed by atoms with E-state index in [0.29, 0.717) is 12.5 Å². The molecule has 1 aliphatic rings. The van der Waals surface area contributed by atoms with Crippen molar-refractivity contribution < 1.29 is 9.53 Å². The molecule has 3 nitrogen and oxygen atoms in total. The third kappa shape index (κ3) is 4.07. The molecule has 1 aromatic carbocycles. The van der Waals surface area contributed by atoms with Crippen LogP contribution in [0.1, 0.15) is 50.8 Å². The molecule has 1 aromatic rings. The van der Waals surface area contributed by atoms with Crippen LogP contribution in [-0.4, -0.2) is 18.6 Å². The van der Waals surface area contributed by atoms with Gasteiger partial charge in [-0.1, -0.05) is 38.1 Å². The Morgan fingerprint density at radius 1 is 1.30 bits per heavy atom. The molecule has 0 radical (unpaired) electrons. The highest BCUT2D eigenvalue weighted by atomic mass is 16.5. The zero-order chi connectivity index (χ0) is 14.5. The van der Waals surface area contributed by atoms with Crippen LogP contribution in [0.2, 0.25) is 0 Å². The van der Waals surface area contributed by atoms with Crippen LogP contribution < -0.4 is 5.32 Å². The Labute approximate surface area is 121 Å². The van der Waals surface area contributed by atoms with Gasteiger partial charge in [-0.25, -0.2) is 0 Å². The molecule has 0 bridgehead atoms. The summed E-state index contributed by atoms with van der Waals surface area (Å²) < 4.78 is 5.40. The van der Waals surface area contributed by atoms with Gasteiger partial charge >= 0.3 is 0 Å². The number of hydrogen-bond acceptors (Lipinski definition) is 2. The van der Waals surface area contributed by atoms with Crippen LogP contribution in [0.25, 0.3) is 0 Å². The smallest absolute Gasteiger partial charge is 0.249 e. The number of amides is 1. The predicted molar refractivity (Wildman–Crippen MR) is 80.5 cm³/mol. The Morgan fingerprint density at radius 2 is 2.00 bits per heavy atom. The first-order valence-corrected chi connectivity index (χ1v) is 7.57. The fourth-order valence-corrected chi connectivity index (χ4v) is 2.59. The summed E-state index contributed by atoms with van der Waals surface area (Å²) in [6, 6.07) is 8.56. The van der Waals surface area contributed by atoms with Crippen molar-refractivity contribution in [2.45, 2.75) is 52.2 Å². The summed E-state index contributed by atoms with van der Waals surface area (Å²) in [6.07, 6.45) is 2.66. The molecule has 1 N–H and O–H groups in total. The summed E-state index contributed by atoms with van der Waals surface area (Å²) >= 11 is 0. The van der Waals surface area contributed by atoms with Crippen molar-refractivity contribution in [1.29, 1.82) is 0 Å². The largest absolute Gasteiger partial charge is 0.368 e. The first-order chi connectivity index (χ1) is 9.56. The van der Waals surface area contributed by atoms with Crippen LogP contribution in [0.15, 0.2) is 24.3 Å². The van der Waals surface area contributed by atoms with Gasteiger partial charge in [-0.15, -0.1) is 0 Å². The number of nitrogens with one attached hydrogen (secondary N) is 1. The molecule has 1 fully saturated rings. The van der Waals surface area contributed by atoms with E-state index in [1.54, 1.807) is 0 Å². The van der Waals surface area contributed by atoms with Crippen molar-refractivity contribution in [1.82, 2.24) is 5.32 Å². The second-order valence-electron chi connectivity index (χ2n) is 6.07. The predicted octanol–water partition coefficient (Wildman–Crippen LogP) is 3.24. The highest BCUT2D eigenvalue weighted by Crippen LogP contribution is 2.17. The van der Waals surface area contributed by atoms with Gasteiger partial charge in [0.1, 0.15) is 6.10 Å². The van der Waals surface area contributed by atoms with E-state index in [9.17, 15) is 4.79 Å². The summed E-state index contributed by atoms with van der Waals surface area (Å²) in [5.41, 5.74) is 2.49. The zero-order valence-electron chi connectivity index (χ0n) is 12.7. The molecule has 2 atom stereocenters. The molecule has 1 saturated heterocycles. The Balaban J connectivity index is 1.91. The zero-order valence-corrected chi connectivity index (χ0v) is 12.7. The van der Waals surface area contributed by atoms with Crippen LogP contribution >= 0.6 is 0 Å². The van der Waals surface area contributed by atoms with Gasteiger partial charge in [-0.3, -0.25) is 4.79 Å². The van der Waals surface area contributed by atoms with Crippen molar-refractivity contribution in [3.05, 3.63) is 35.4 Å². The molecule has 2 rings (SSSR count). The molecule has 1 heterocycles. The topological polar surface area (TPSA) is 38.3 Å². The van der Waals surface area contributed by atoms with Crippen LogP contribution in [0.5, 0.6) is 0 Å². The van der Waals surface area contributed by atoms with Crippen molar-refractivity contribution in [2.24, 2.45) is 5.92 Å². The van der Waals surface area contributed by atoms with Crippen molar-refractivity contribution in [3.63, 3.8) is 0 Å². The van der Waals surface area contributed by atoms with Gasteiger partial charge in [0.05, 0.1) is 6.04 Å². The molecule has 1 aliphatic heterocycles. The van der Waals surface area contributed by atoms with E-state index in [0.717, 1.165) is 24.8 Å². The number of benzene rings is 1. The van der Waals surface area contributed by atoms with E-state index in [1.807, 2.05) is 6.92 Å². The summed E-state index contributed by atoms with van der Waals surface area (Å²) in [5.74, 6) is 0.679. The van der Waals surface area contributed by atoms with Gasteiger partial charge in [-0.05, 0) is 43.2 Å². The molecule has 110 valence electrons. The van der Waals surface area contributed by atoms with Crippen LogP contribution in [0, 0.1) is 5.92 Å². The van der Waals surface area contributed by atoms with E-state index >= 15 is 0 Å². The first-order valence-electron chi connectivity index (χ1n) is 7.57. The maximum absolute atomic E-state index is 12.0. The monoisotopic (exact) mass is 275 g/mol. The maximum Gasteiger partial charge on any atom is 0.249 e. The van der Waals surface area contributed by atoms with Gasteiger partial charge in [0, 0.05) is 6.61 Å². The Morgan fingerprint density at radius 3 is 2.55 bits per heavy atom. The average Bonchev–Trinajstić information content (AvgIpc) is 2.92. The van der Waals surface area contributed by atoms with Gasteiger partial charge in [0.25, 0.3) is 0 Å². The summed E-state index contributed by atoms with van der Waals surface area (Å²) in [4.78, 5) is 12.0. The lowest BCUT2D eigenvalue weighted by atomic mass is 10.00. The lowest BCUT2D eigenvalue weighted by Gasteiger charge is -2.17. The minimum Gasteiger partial charge on any atom is -0.368 e. The Kier molecular flexibility index (Phi) is 5.18. The minimum atomic E-state index is -0.252. The molecule has 0 spiro atoms. The third-order valence-electron chi connectivity index (χ3n) is 3.70. The van der Waals surface area contributed by atoms with E-state index in [4.69, 9.17) is 4.74 Å². The van der Waals surface area contributed by atoms with Gasteiger partial charge < -0.3 is 10.1 Å². The standard InChI is InChI=1S/C17H25NO2/c1-12(2)11-14-6-8-15(9-7-14)13(3)18-17(19)16-5-4-10-20-16/h6-9,12-13,16H,4-5,10-11H2,1-3H3,(H,18,19). The van der Waals surface area contributed by atoms with Crippen LogP contribution in [0.4, 0.5) is 0 Å². The lowest BCUT2D eigenvalue weighted by Crippen LogP contribution is -2.35. The fourth-order valence-electron chi connectivity index (χ4n) is 2.59. The molecule has 1 amide bonds. The maximum atomic E-state index is 12.0. The molecule has 20 heavy (non-hydrogen) atoms. The van der Waals surface area contributed by atoms with Crippen molar-refractivity contribution in [2.75, 3.05) is 6.61 Å². The molecular weight excluding hydrogens is 250 g/mol. The van der Waals surface area contributed by atoms with E-state index in [2.05, 4.69) is 43.4 Å². The number of rotatable bonds is 5. The van der Waals surface area contributed by atoms with Crippen LogP contribution in [-0.2, 0) is 16.0 Å². The molecule has 3 heteroatoms. The van der Waals surface area contributed by atoms with Crippen LogP contribution in [0.3, 0.4) is 0 Å². The van der Waals surface area contributed by atoms with Gasteiger partial charge in [0.2, 0.25) is 5.91 Å². The first kappa shape index (κ1) is 15.0. The molecule has 0 aromatic heterocycles. The lowest BCUT2D eigenvalue weighted by molar-refractivity contribution is -0.130. The number of carbonyl (C=O) groups is 1. The minimum absolute atomic E-state index is 0.0151. The van der Waals surface area contributed by atoms with E-state index in [1.165, 1.54) is 5.56 Å². The number of hydrogen-bond donors (Lipinski definition) is 1. The van der Waals surface area contributed by atoms with Crippen molar-refractivity contribution in [3.8, 4) is 0 Å².